The summed E-state index contributed by atoms with van der Waals surface area (Å²) < 4.78 is 20.5. The van der Waals surface area contributed by atoms with Gasteiger partial charge in [0.15, 0.2) is 0 Å². The number of hydrogen-bond donors (Lipinski definition) is 2. The smallest absolute Gasteiger partial charge is 0.258 e. The molecule has 0 bridgehead atoms. The molecule has 11 nitrogen and oxygen atoms in total. The van der Waals surface area contributed by atoms with Crippen molar-refractivity contribution in [1.82, 2.24) is 25.3 Å². The van der Waals surface area contributed by atoms with Crippen molar-refractivity contribution in [1.29, 1.82) is 0 Å². The maximum atomic E-state index is 14.5. The van der Waals surface area contributed by atoms with Gasteiger partial charge in [-0.25, -0.2) is 4.39 Å². The monoisotopic (exact) mass is 631 g/mol. The summed E-state index contributed by atoms with van der Waals surface area (Å²) in [5, 5.41) is 7.80. The molecule has 1 fully saturated rings. The molecule has 3 aromatic carbocycles. The van der Waals surface area contributed by atoms with Gasteiger partial charge in [0, 0.05) is 46.6 Å². The Hall–Kier alpha value is -5.00. The fourth-order valence-electron chi connectivity index (χ4n) is 6.07. The molecule has 5 amide bonds. The number of halogens is 1. The zero-order valence-electron chi connectivity index (χ0n) is 26.1. The lowest BCUT2D eigenvalue weighted by Crippen LogP contribution is -2.48. The Balaban J connectivity index is 1.41. The second kappa shape index (κ2) is 14.0. The summed E-state index contributed by atoms with van der Waals surface area (Å²) in [5.74, 6) is -2.67. The van der Waals surface area contributed by atoms with Crippen LogP contribution in [0.1, 0.15) is 42.1 Å². The van der Waals surface area contributed by atoms with Crippen LogP contribution >= 0.6 is 0 Å². The number of nitrogens with one attached hydrogen (secondary N) is 2. The summed E-state index contributed by atoms with van der Waals surface area (Å²) in [5.41, 5.74) is 0.761. The van der Waals surface area contributed by atoms with E-state index < -0.39 is 29.7 Å². The molecule has 0 spiro atoms. The number of likely N-dealkylation sites (N-methyl/N-ethyl adjacent to an activating group) is 2. The van der Waals surface area contributed by atoms with Gasteiger partial charge in [-0.1, -0.05) is 36.4 Å². The molecular weight excluding hydrogens is 593 g/mol. The zero-order valence-corrected chi connectivity index (χ0v) is 26.1. The lowest BCUT2D eigenvalue weighted by Gasteiger charge is -2.28. The van der Waals surface area contributed by atoms with Gasteiger partial charge in [0.05, 0.1) is 18.2 Å². The zero-order chi connectivity index (χ0) is 33.0. The Morgan fingerprint density at radius 3 is 2.50 bits per heavy atom. The number of rotatable bonds is 4. The predicted octanol–water partition coefficient (Wildman–Crippen LogP) is 2.47. The number of carbonyl (C=O) groups is 5. The van der Waals surface area contributed by atoms with Crippen LogP contribution in [0.5, 0.6) is 5.75 Å². The van der Waals surface area contributed by atoms with Crippen LogP contribution in [0.4, 0.5) is 4.39 Å². The molecule has 2 heterocycles. The molecule has 1 saturated heterocycles. The van der Waals surface area contributed by atoms with Crippen LogP contribution in [0.25, 0.3) is 10.8 Å². The summed E-state index contributed by atoms with van der Waals surface area (Å²) in [6, 6.07) is 15.4. The third-order valence-electron chi connectivity index (χ3n) is 8.55. The molecule has 46 heavy (non-hydrogen) atoms. The van der Waals surface area contributed by atoms with Gasteiger partial charge in [0.2, 0.25) is 23.6 Å². The first-order valence-electron chi connectivity index (χ1n) is 15.3. The predicted molar refractivity (Wildman–Crippen MR) is 168 cm³/mol. The number of benzene rings is 3. The van der Waals surface area contributed by atoms with Gasteiger partial charge in [-0.05, 0) is 53.4 Å². The highest BCUT2D eigenvalue weighted by molar-refractivity contribution is 5.99. The van der Waals surface area contributed by atoms with Crippen molar-refractivity contribution in [2.45, 2.75) is 50.9 Å². The van der Waals surface area contributed by atoms with Crippen molar-refractivity contribution in [3.05, 3.63) is 77.6 Å². The van der Waals surface area contributed by atoms with Gasteiger partial charge in [0.25, 0.3) is 5.91 Å². The molecule has 2 aliphatic rings. The normalized spacial score (nSPS) is 21.2. The van der Waals surface area contributed by atoms with E-state index in [0.29, 0.717) is 6.42 Å². The van der Waals surface area contributed by atoms with E-state index in [4.69, 9.17) is 4.74 Å². The maximum Gasteiger partial charge on any atom is 0.258 e. The Labute approximate surface area is 266 Å². The van der Waals surface area contributed by atoms with Crippen LogP contribution in [-0.2, 0) is 25.7 Å². The largest absolute Gasteiger partial charge is 0.491 e. The van der Waals surface area contributed by atoms with Gasteiger partial charge >= 0.3 is 0 Å². The molecular formula is C34H38FN5O6. The number of hydrogen-bond acceptors (Lipinski definition) is 6. The second-order valence-corrected chi connectivity index (χ2v) is 11.9. The molecule has 5 rings (SSSR count). The van der Waals surface area contributed by atoms with Crippen molar-refractivity contribution >= 4 is 40.3 Å². The molecule has 0 aromatic heterocycles. The molecule has 3 aromatic rings. The van der Waals surface area contributed by atoms with E-state index in [9.17, 15) is 28.4 Å². The van der Waals surface area contributed by atoms with Crippen LogP contribution in [-0.4, -0.2) is 96.2 Å². The average molecular weight is 632 g/mol. The highest BCUT2D eigenvalue weighted by Crippen LogP contribution is 2.26. The van der Waals surface area contributed by atoms with E-state index in [2.05, 4.69) is 10.6 Å². The highest BCUT2D eigenvalue weighted by atomic mass is 19.1. The Bertz CT molecular complexity index is 1660. The fourth-order valence-corrected chi connectivity index (χ4v) is 6.07. The van der Waals surface area contributed by atoms with E-state index in [-0.39, 0.29) is 74.2 Å². The summed E-state index contributed by atoms with van der Waals surface area (Å²) in [6.07, 6.45) is 0.234. The summed E-state index contributed by atoms with van der Waals surface area (Å²) in [7, 11) is 2.94. The van der Waals surface area contributed by atoms with Crippen LogP contribution < -0.4 is 15.4 Å². The second-order valence-electron chi connectivity index (χ2n) is 11.9. The molecule has 0 aliphatic carbocycles. The van der Waals surface area contributed by atoms with E-state index in [1.54, 1.807) is 4.90 Å². The van der Waals surface area contributed by atoms with E-state index in [1.165, 1.54) is 43.0 Å². The van der Waals surface area contributed by atoms with Crippen LogP contribution in [0.15, 0.2) is 60.7 Å². The molecule has 3 atom stereocenters. The minimum atomic E-state index is -1.08. The fraction of sp³-hybridized carbons (Fsp3) is 0.382. The molecule has 2 aliphatic heterocycles. The molecule has 12 heteroatoms. The van der Waals surface area contributed by atoms with E-state index in [1.807, 2.05) is 42.5 Å². The van der Waals surface area contributed by atoms with Crippen molar-refractivity contribution in [3.63, 3.8) is 0 Å². The standard InChI is InChI=1S/C34H38FN5O6/c1-21(41)37-26-16-27-20-46-30-12-10-25(35)15-28(30)34(45)39(3)29(11-13-31(42)38(2)19-32(43)40(27)18-26)33(44)36-17-22-8-9-23-6-4-5-7-24(23)14-22/h4-10,12,14-15,26-27,29H,11,13,16-20H2,1-3H3,(H,36,44)(H,37,41)/t26-,27+,29+/m1/s1. The lowest BCUT2D eigenvalue weighted by atomic mass is 10.0. The molecule has 0 radical (unpaired) electrons. The summed E-state index contributed by atoms with van der Waals surface area (Å²) in [4.78, 5) is 69.8. The van der Waals surface area contributed by atoms with Crippen molar-refractivity contribution in [3.8, 4) is 5.75 Å². The van der Waals surface area contributed by atoms with Crippen LogP contribution in [0.3, 0.4) is 0 Å². The summed E-state index contributed by atoms with van der Waals surface area (Å²) >= 11 is 0. The minimum absolute atomic E-state index is 0.0361. The SMILES string of the molecule is CC(=O)N[C@@H]1C[C@H]2COc3ccc(F)cc3C(=O)N(C)[C@H](C(=O)NCc3ccc4ccccc4c3)CCC(=O)N(C)CC(=O)N2C1. The van der Waals surface area contributed by atoms with E-state index in [0.717, 1.165) is 22.4 Å². The number of nitrogens with zero attached hydrogens (tertiary/aromatic N) is 3. The lowest BCUT2D eigenvalue weighted by molar-refractivity contribution is -0.140. The number of fused-ring (bicyclic) bond motifs is 3. The first kappa shape index (κ1) is 32.4. The Kier molecular flexibility index (Phi) is 9.84. The van der Waals surface area contributed by atoms with Crippen LogP contribution in [0.2, 0.25) is 0 Å². The number of amides is 5. The van der Waals surface area contributed by atoms with Gasteiger partial charge in [-0.3, -0.25) is 24.0 Å². The average Bonchev–Trinajstić information content (AvgIpc) is 3.43. The topological polar surface area (TPSA) is 128 Å². The number of ether oxygens (including phenoxy) is 1. The van der Waals surface area contributed by atoms with Gasteiger partial charge in [-0.2, -0.15) is 0 Å². The molecule has 242 valence electrons. The molecule has 0 unspecified atom stereocenters. The third kappa shape index (κ3) is 7.44. The van der Waals surface area contributed by atoms with Crippen molar-refractivity contribution in [2.75, 3.05) is 33.8 Å². The van der Waals surface area contributed by atoms with E-state index >= 15 is 0 Å². The minimum Gasteiger partial charge on any atom is -0.491 e. The summed E-state index contributed by atoms with van der Waals surface area (Å²) in [6.45, 7) is 1.56. The molecule has 0 saturated carbocycles. The van der Waals surface area contributed by atoms with Crippen LogP contribution in [0, 0.1) is 5.82 Å². The third-order valence-corrected chi connectivity index (χ3v) is 8.55. The quantitative estimate of drug-likeness (QED) is 0.456. The van der Waals surface area contributed by atoms with Gasteiger partial charge < -0.3 is 30.1 Å². The first-order chi connectivity index (χ1) is 22.0. The first-order valence-corrected chi connectivity index (χ1v) is 15.3. The number of carbonyl (C=O) groups excluding carboxylic acids is 5. The maximum absolute atomic E-state index is 14.5. The Morgan fingerprint density at radius 2 is 1.74 bits per heavy atom. The van der Waals surface area contributed by atoms with Crippen molar-refractivity contribution < 1.29 is 33.1 Å². The van der Waals surface area contributed by atoms with Gasteiger partial charge in [0.1, 0.15) is 24.2 Å². The van der Waals surface area contributed by atoms with Gasteiger partial charge in [-0.15, -0.1) is 0 Å². The Morgan fingerprint density at radius 1 is 0.978 bits per heavy atom. The van der Waals surface area contributed by atoms with Crippen molar-refractivity contribution in [2.24, 2.45) is 0 Å². The molecule has 2 N–H and O–H groups in total. The highest BCUT2D eigenvalue weighted by Gasteiger charge is 2.38.